The quantitative estimate of drug-likeness (QED) is 0.0378. The molecule has 6 rings (SSSR count). The van der Waals surface area contributed by atoms with Crippen LogP contribution >= 0.6 is 11.6 Å². The minimum absolute atomic E-state index is 0.0113. The summed E-state index contributed by atoms with van der Waals surface area (Å²) in [7, 11) is 2.91. The number of nitrogens with one attached hydrogen (secondary N) is 3. The van der Waals surface area contributed by atoms with Crippen molar-refractivity contribution in [2.75, 3.05) is 30.9 Å². The van der Waals surface area contributed by atoms with Crippen molar-refractivity contribution in [1.82, 2.24) is 15.7 Å². The highest BCUT2D eigenvalue weighted by molar-refractivity contribution is 6.34. The van der Waals surface area contributed by atoms with Gasteiger partial charge in [-0.1, -0.05) is 62.2 Å². The molecule has 25 heteroatoms. The van der Waals surface area contributed by atoms with E-state index in [1.165, 1.54) is 19.1 Å². The molecule has 9 atom stereocenters. The van der Waals surface area contributed by atoms with Gasteiger partial charge in [-0.15, -0.1) is 5.06 Å². The summed E-state index contributed by atoms with van der Waals surface area (Å²) in [6.07, 6.45) is -1.72. The molecule has 2 aromatic rings. The van der Waals surface area contributed by atoms with Gasteiger partial charge in [-0.2, -0.15) is 0 Å². The maximum absolute atomic E-state index is 16.1. The summed E-state index contributed by atoms with van der Waals surface area (Å²) in [6, 6.07) is 2.77. The third kappa shape index (κ3) is 17.0. The average Bonchev–Trinajstić information content (AvgIpc) is 2.37. The number of rotatable bonds is 21. The number of nitrogens with zero attached hydrogens (tertiary/aromatic N) is 2. The van der Waals surface area contributed by atoms with Crippen LogP contribution < -0.4 is 26.6 Å². The molecule has 4 aliphatic rings. The molecule has 4 aliphatic heterocycles. The van der Waals surface area contributed by atoms with Crippen molar-refractivity contribution in [3.63, 3.8) is 0 Å². The van der Waals surface area contributed by atoms with Crippen LogP contribution in [-0.4, -0.2) is 132 Å². The van der Waals surface area contributed by atoms with E-state index in [4.69, 9.17) is 41.1 Å². The van der Waals surface area contributed by atoms with Gasteiger partial charge in [0.2, 0.25) is 11.8 Å². The third-order valence-corrected chi connectivity index (χ3v) is 16.2. The number of anilines is 2. The summed E-state index contributed by atoms with van der Waals surface area (Å²) in [5.74, 6) is -9.51. The number of hydrogen-bond acceptors (Lipinski definition) is 16. The van der Waals surface area contributed by atoms with Gasteiger partial charge in [0.1, 0.15) is 46.9 Å². The number of primary amides is 1. The van der Waals surface area contributed by atoms with Gasteiger partial charge in [0.25, 0.3) is 11.8 Å². The Labute approximate surface area is 490 Å². The number of esters is 1. The molecule has 2 aromatic carbocycles. The van der Waals surface area contributed by atoms with Crippen LogP contribution in [0.3, 0.4) is 0 Å². The van der Waals surface area contributed by atoms with Crippen molar-refractivity contribution in [1.29, 1.82) is 0 Å². The van der Waals surface area contributed by atoms with Gasteiger partial charge in [-0.05, 0) is 87.6 Å². The molecule has 4 heterocycles. The normalized spacial score (nSPS) is 25.3. The van der Waals surface area contributed by atoms with Gasteiger partial charge < -0.3 is 50.2 Å². The molecule has 458 valence electrons. The largest absolute Gasteiger partial charge is 0.462 e. The number of benzene rings is 2. The van der Waals surface area contributed by atoms with Gasteiger partial charge in [-0.3, -0.25) is 38.9 Å². The van der Waals surface area contributed by atoms with E-state index in [1.54, 1.807) is 52.8 Å². The minimum atomic E-state index is -1.70. The number of ether oxygens (including phenoxy) is 4. The Bertz CT molecular complexity index is 2940. The van der Waals surface area contributed by atoms with E-state index in [2.05, 4.69) is 16.0 Å². The Morgan fingerprint density at radius 1 is 0.964 bits per heavy atom. The first kappa shape index (κ1) is 66.0. The molecule has 3 saturated heterocycles. The molecule has 3 fully saturated rings. The van der Waals surface area contributed by atoms with E-state index in [9.17, 15) is 53.1 Å². The van der Waals surface area contributed by atoms with E-state index in [1.807, 2.05) is 19.1 Å². The highest BCUT2D eigenvalue weighted by Gasteiger charge is 2.64. The number of epoxide rings is 1. The molecule has 0 aliphatic carbocycles. The molecule has 84 heavy (non-hydrogen) atoms. The van der Waals surface area contributed by atoms with Crippen molar-refractivity contribution in [2.24, 2.45) is 23.5 Å². The standard InChI is InChI=1S/C59H75ClF2N6O16/c1-31(2)38(26-37(69)14-9-10-17-51(74)84-68-48(71)18-19-49(68)72)55(76)65-41(15-12-20-64-56(63)77)44(70)25-36-24-40(62)42(27-39(36)61)66-57(78)82-47-28-50(73)67(7)43-23-35(22-33(4)53(43)60)21-32(3)13-11-16-46(80-8)59(79)29-45(81-52(75)30-59)34(5)54-58(47,6)83-54/h11,13,16,22-24,27,31,34,38,41,45-47,54,79H,9-10,12,14-15,17-21,25-26,28-30H2,1-8H3,(H,65,76)(H,66,78)(H3,63,64,77)/b16-11+,32-13+/t34-,38+,41+,45+,46-,47+,54+,58+,59-/m1/s1. The average molecular weight is 1200 g/mol. The fourth-order valence-corrected chi connectivity index (χ4v) is 11.0. The Kier molecular flexibility index (Phi) is 22.5. The van der Waals surface area contributed by atoms with Crippen LogP contribution in [0.25, 0.3) is 0 Å². The number of methoxy groups -OCH3 is 1. The third-order valence-electron chi connectivity index (χ3n) is 15.7. The molecule has 22 nitrogen and oxygen atoms in total. The summed E-state index contributed by atoms with van der Waals surface area (Å²) in [5.41, 5.74) is 3.62. The van der Waals surface area contributed by atoms with Gasteiger partial charge in [0.15, 0.2) is 5.78 Å². The Hall–Kier alpha value is -7.15. The molecule has 0 radical (unpaired) electrons. The smallest absolute Gasteiger partial charge is 0.412 e. The number of ketones is 2. The zero-order valence-electron chi connectivity index (χ0n) is 48.4. The summed E-state index contributed by atoms with van der Waals surface area (Å²) >= 11 is 6.80. The first-order valence-electron chi connectivity index (χ1n) is 28.0. The number of nitrogens with two attached hydrogens (primary N) is 1. The van der Waals surface area contributed by atoms with E-state index < -0.39 is 149 Å². The number of Topliss-reactive ketones (excluding diaryl/α,β-unsaturated/α-hetero) is 2. The predicted octanol–water partition coefficient (Wildman–Crippen LogP) is 6.64. The number of allylic oxidation sites excluding steroid dienone is 3. The van der Waals surface area contributed by atoms with Gasteiger partial charge >= 0.3 is 24.1 Å². The van der Waals surface area contributed by atoms with Gasteiger partial charge in [0.05, 0.1) is 41.4 Å². The second-order valence-corrected chi connectivity index (χ2v) is 23.0. The zero-order chi connectivity index (χ0) is 62.0. The Balaban J connectivity index is 1.16. The lowest BCUT2D eigenvalue weighted by Gasteiger charge is -2.41. The Morgan fingerprint density at radius 3 is 2.32 bits per heavy atom. The lowest BCUT2D eigenvalue weighted by atomic mass is 9.78. The SMILES string of the molecule is CO[C@@H]1/C=C/C=C(\C)Cc2cc(C)c(Cl)c(c2)N(C)C(=O)C[C@H](OC(=O)Nc2cc(F)c(CC(=O)[C@H](CCCNC(N)=O)NC(=O)[C@@H](CC(=O)CCCCC(=O)ON3C(=O)CCC3=O)C(C)C)cc2F)[C@]2(C)O[C@H]2[C@H](C)[C@@H]2C[C@@]1(O)CC(=O)O2. The van der Waals surface area contributed by atoms with Crippen LogP contribution in [0.2, 0.25) is 5.02 Å². The number of amides is 7. The van der Waals surface area contributed by atoms with Crippen molar-refractivity contribution >= 4 is 82.2 Å². The van der Waals surface area contributed by atoms with Crippen LogP contribution in [0, 0.1) is 36.3 Å². The summed E-state index contributed by atoms with van der Waals surface area (Å²) in [6.45, 7) is 10.3. The molecule has 7 amide bonds. The predicted molar refractivity (Wildman–Crippen MR) is 299 cm³/mol. The molecule has 4 bridgehead atoms. The fourth-order valence-electron chi connectivity index (χ4n) is 10.8. The zero-order valence-corrected chi connectivity index (χ0v) is 49.2. The maximum Gasteiger partial charge on any atom is 0.412 e. The lowest BCUT2D eigenvalue weighted by molar-refractivity contribution is -0.197. The lowest BCUT2D eigenvalue weighted by Crippen LogP contribution is -2.53. The molecular formula is C59H75ClF2N6O16. The second kappa shape index (κ2) is 28.6. The number of halogens is 3. The molecule has 0 unspecified atom stereocenters. The topological polar surface area (TPSA) is 309 Å². The number of urea groups is 1. The van der Waals surface area contributed by atoms with E-state index in [0.717, 1.165) is 11.1 Å². The fraction of sp³-hybridized carbons (Fsp3) is 0.559. The van der Waals surface area contributed by atoms with Gasteiger partial charge in [0, 0.05) is 83.6 Å². The number of hydroxylamine groups is 2. The van der Waals surface area contributed by atoms with Crippen LogP contribution in [0.4, 0.5) is 29.7 Å². The first-order chi connectivity index (χ1) is 39.5. The first-order valence-corrected chi connectivity index (χ1v) is 28.3. The number of hydrogen-bond donors (Lipinski definition) is 5. The number of carbonyl (C=O) groups excluding carboxylic acids is 10. The number of imide groups is 1. The van der Waals surface area contributed by atoms with E-state index in [-0.39, 0.29) is 88.0 Å². The second-order valence-electron chi connectivity index (χ2n) is 22.7. The Morgan fingerprint density at radius 2 is 1.65 bits per heavy atom. The van der Waals surface area contributed by atoms with Crippen molar-refractivity contribution in [3.8, 4) is 0 Å². The van der Waals surface area contributed by atoms with Crippen LogP contribution in [0.1, 0.15) is 128 Å². The minimum Gasteiger partial charge on any atom is -0.462 e. The van der Waals surface area contributed by atoms with Gasteiger partial charge in [-0.25, -0.2) is 23.2 Å². The molecule has 0 saturated carbocycles. The van der Waals surface area contributed by atoms with Crippen molar-refractivity contribution < 1.29 is 85.6 Å². The molecule has 6 N–H and O–H groups in total. The summed E-state index contributed by atoms with van der Waals surface area (Å²) < 4.78 is 55.7. The summed E-state index contributed by atoms with van der Waals surface area (Å²) in [4.78, 5) is 136. The van der Waals surface area contributed by atoms with Crippen LogP contribution in [0.5, 0.6) is 0 Å². The highest BCUT2D eigenvalue weighted by atomic mass is 35.5. The summed E-state index contributed by atoms with van der Waals surface area (Å²) in [5, 5.41) is 19.9. The molecule has 0 aromatic heterocycles. The highest BCUT2D eigenvalue weighted by Crippen LogP contribution is 2.50. The van der Waals surface area contributed by atoms with E-state index >= 15 is 8.78 Å². The van der Waals surface area contributed by atoms with E-state index in [0.29, 0.717) is 34.9 Å². The number of aryl methyl sites for hydroxylation is 1. The number of unbranched alkanes of at least 4 members (excludes halogenated alkanes) is 1. The van der Waals surface area contributed by atoms with Crippen molar-refractivity contribution in [3.05, 3.63) is 81.4 Å². The molecule has 0 spiro atoms. The molecular weight excluding hydrogens is 1120 g/mol. The van der Waals surface area contributed by atoms with Crippen LogP contribution in [0.15, 0.2) is 48.1 Å². The number of fused-ring (bicyclic) bond motifs is 5. The number of aliphatic hydroxyl groups is 1. The van der Waals surface area contributed by atoms with Crippen LogP contribution in [-0.2, 0) is 75.0 Å². The van der Waals surface area contributed by atoms with Crippen molar-refractivity contribution in [2.45, 2.75) is 173 Å². The monoisotopic (exact) mass is 1200 g/mol. The number of carbonyl (C=O) groups is 10. The maximum atomic E-state index is 16.1.